The van der Waals surface area contributed by atoms with Crippen LogP contribution in [0, 0.1) is 0 Å². The van der Waals surface area contributed by atoms with E-state index in [0.717, 1.165) is 25.2 Å². The highest BCUT2D eigenvalue weighted by atomic mass is 35.5. The maximum absolute atomic E-state index is 5.92. The van der Waals surface area contributed by atoms with Crippen LogP contribution in [0.25, 0.3) is 0 Å². The van der Waals surface area contributed by atoms with E-state index in [1.807, 2.05) is 12.1 Å². The van der Waals surface area contributed by atoms with Gasteiger partial charge in [-0.2, -0.15) is 0 Å². The van der Waals surface area contributed by atoms with Gasteiger partial charge in [-0.15, -0.1) is 0 Å². The predicted molar refractivity (Wildman–Crippen MR) is 71.3 cm³/mol. The molecule has 1 aromatic carbocycles. The Morgan fingerprint density at radius 2 is 1.81 bits per heavy atom. The minimum Gasteiger partial charge on any atom is -0.315 e. The summed E-state index contributed by atoms with van der Waals surface area (Å²) < 4.78 is 0. The summed E-state index contributed by atoms with van der Waals surface area (Å²) in [5.41, 5.74) is 1.11. The standard InChI is InChI=1S/C12H18Cl2N2/c1-3-15-7-9(2)16-8-10-4-11(13)6-12(14)5-10/h4-6,9,15-16H,3,7-8H2,1-2H3. The summed E-state index contributed by atoms with van der Waals surface area (Å²) in [6, 6.07) is 6.04. The van der Waals surface area contributed by atoms with Gasteiger partial charge in [-0.25, -0.2) is 0 Å². The van der Waals surface area contributed by atoms with Crippen molar-refractivity contribution in [2.24, 2.45) is 0 Å². The maximum atomic E-state index is 5.92. The van der Waals surface area contributed by atoms with Gasteiger partial charge >= 0.3 is 0 Å². The van der Waals surface area contributed by atoms with Crippen LogP contribution in [-0.4, -0.2) is 19.1 Å². The molecule has 0 saturated heterocycles. The zero-order chi connectivity index (χ0) is 12.0. The molecule has 2 N–H and O–H groups in total. The largest absolute Gasteiger partial charge is 0.315 e. The first-order valence-electron chi connectivity index (χ1n) is 5.51. The number of benzene rings is 1. The number of hydrogen-bond donors (Lipinski definition) is 2. The van der Waals surface area contributed by atoms with E-state index in [1.54, 1.807) is 6.07 Å². The van der Waals surface area contributed by atoms with Gasteiger partial charge < -0.3 is 10.6 Å². The van der Waals surface area contributed by atoms with E-state index in [-0.39, 0.29) is 0 Å². The van der Waals surface area contributed by atoms with Crippen molar-refractivity contribution < 1.29 is 0 Å². The third-order valence-electron chi connectivity index (χ3n) is 2.28. The van der Waals surface area contributed by atoms with Gasteiger partial charge in [-0.1, -0.05) is 30.1 Å². The molecular weight excluding hydrogens is 243 g/mol. The van der Waals surface area contributed by atoms with E-state index in [2.05, 4.69) is 24.5 Å². The topological polar surface area (TPSA) is 24.1 Å². The fourth-order valence-corrected chi connectivity index (χ4v) is 2.01. The van der Waals surface area contributed by atoms with Crippen molar-refractivity contribution in [3.8, 4) is 0 Å². The molecule has 1 unspecified atom stereocenters. The number of halogens is 2. The van der Waals surface area contributed by atoms with Crippen LogP contribution in [-0.2, 0) is 6.54 Å². The highest BCUT2D eigenvalue weighted by molar-refractivity contribution is 6.34. The highest BCUT2D eigenvalue weighted by Gasteiger charge is 2.02. The van der Waals surface area contributed by atoms with Crippen molar-refractivity contribution in [1.82, 2.24) is 10.6 Å². The molecule has 1 aromatic rings. The number of nitrogens with one attached hydrogen (secondary N) is 2. The Bertz CT molecular complexity index is 309. The predicted octanol–water partition coefficient (Wildman–Crippen LogP) is 3.08. The molecule has 16 heavy (non-hydrogen) atoms. The van der Waals surface area contributed by atoms with Gasteiger partial charge in [0.2, 0.25) is 0 Å². The fraction of sp³-hybridized carbons (Fsp3) is 0.500. The Hall–Kier alpha value is -0.280. The second kappa shape index (κ2) is 7.13. The van der Waals surface area contributed by atoms with E-state index in [1.165, 1.54) is 0 Å². The molecule has 0 aromatic heterocycles. The van der Waals surface area contributed by atoms with E-state index in [0.29, 0.717) is 16.1 Å². The molecule has 0 aliphatic carbocycles. The molecule has 0 heterocycles. The summed E-state index contributed by atoms with van der Waals surface area (Å²) in [7, 11) is 0. The third-order valence-corrected chi connectivity index (χ3v) is 2.71. The van der Waals surface area contributed by atoms with E-state index in [9.17, 15) is 0 Å². The Morgan fingerprint density at radius 1 is 1.19 bits per heavy atom. The molecule has 0 amide bonds. The van der Waals surface area contributed by atoms with Crippen LogP contribution in [0.15, 0.2) is 18.2 Å². The normalized spacial score (nSPS) is 12.8. The van der Waals surface area contributed by atoms with Crippen LogP contribution in [0.3, 0.4) is 0 Å². The minimum atomic E-state index is 0.428. The van der Waals surface area contributed by atoms with Gasteiger partial charge in [0.25, 0.3) is 0 Å². The molecule has 0 bridgehead atoms. The first-order valence-corrected chi connectivity index (χ1v) is 6.26. The van der Waals surface area contributed by atoms with Gasteiger partial charge in [0.15, 0.2) is 0 Å². The van der Waals surface area contributed by atoms with Gasteiger partial charge in [0, 0.05) is 29.2 Å². The number of rotatable bonds is 6. The molecule has 2 nitrogen and oxygen atoms in total. The average Bonchev–Trinajstić information content (AvgIpc) is 2.22. The van der Waals surface area contributed by atoms with E-state index in [4.69, 9.17) is 23.2 Å². The fourth-order valence-electron chi connectivity index (χ4n) is 1.44. The SMILES string of the molecule is CCNCC(C)NCc1cc(Cl)cc(Cl)c1. The quantitative estimate of drug-likeness (QED) is 0.822. The van der Waals surface area contributed by atoms with Crippen molar-refractivity contribution in [3.63, 3.8) is 0 Å². The van der Waals surface area contributed by atoms with Crippen molar-refractivity contribution >= 4 is 23.2 Å². The van der Waals surface area contributed by atoms with Crippen molar-refractivity contribution in [1.29, 1.82) is 0 Å². The third kappa shape index (κ3) is 5.17. The molecule has 90 valence electrons. The van der Waals surface area contributed by atoms with Crippen LogP contribution >= 0.6 is 23.2 Å². The lowest BCUT2D eigenvalue weighted by molar-refractivity contribution is 0.509. The van der Waals surface area contributed by atoms with Gasteiger partial charge in [-0.05, 0) is 37.2 Å². The second-order valence-electron chi connectivity index (χ2n) is 3.87. The summed E-state index contributed by atoms with van der Waals surface area (Å²) in [5, 5.41) is 8.07. The molecule has 1 atom stereocenters. The smallest absolute Gasteiger partial charge is 0.0424 e. The van der Waals surface area contributed by atoms with Crippen LogP contribution in [0.2, 0.25) is 10.0 Å². The lowest BCUT2D eigenvalue weighted by Gasteiger charge is -2.14. The molecular formula is C12H18Cl2N2. The second-order valence-corrected chi connectivity index (χ2v) is 4.74. The van der Waals surface area contributed by atoms with Crippen LogP contribution < -0.4 is 10.6 Å². The van der Waals surface area contributed by atoms with Crippen molar-refractivity contribution in [2.75, 3.05) is 13.1 Å². The summed E-state index contributed by atoms with van der Waals surface area (Å²) >= 11 is 11.8. The van der Waals surface area contributed by atoms with Gasteiger partial charge in [-0.3, -0.25) is 0 Å². The Labute approximate surface area is 107 Å². The molecule has 0 fully saturated rings. The average molecular weight is 261 g/mol. The molecule has 0 aliphatic rings. The Balaban J connectivity index is 2.41. The molecule has 0 saturated carbocycles. The zero-order valence-corrected chi connectivity index (χ0v) is 11.2. The van der Waals surface area contributed by atoms with E-state index < -0.39 is 0 Å². The molecule has 0 radical (unpaired) electrons. The highest BCUT2D eigenvalue weighted by Crippen LogP contribution is 2.18. The molecule has 1 rings (SSSR count). The van der Waals surface area contributed by atoms with E-state index >= 15 is 0 Å². The van der Waals surface area contributed by atoms with Crippen molar-refractivity contribution in [2.45, 2.75) is 26.4 Å². The van der Waals surface area contributed by atoms with Gasteiger partial charge in [0.1, 0.15) is 0 Å². The lowest BCUT2D eigenvalue weighted by atomic mass is 10.2. The summed E-state index contributed by atoms with van der Waals surface area (Å²) in [4.78, 5) is 0. The van der Waals surface area contributed by atoms with Crippen LogP contribution in [0.5, 0.6) is 0 Å². The minimum absolute atomic E-state index is 0.428. The lowest BCUT2D eigenvalue weighted by Crippen LogP contribution is -2.35. The zero-order valence-electron chi connectivity index (χ0n) is 9.69. The first kappa shape index (κ1) is 13.8. The Kier molecular flexibility index (Phi) is 6.14. The van der Waals surface area contributed by atoms with Crippen molar-refractivity contribution in [3.05, 3.63) is 33.8 Å². The van der Waals surface area contributed by atoms with Gasteiger partial charge in [0.05, 0.1) is 0 Å². The number of likely N-dealkylation sites (N-methyl/N-ethyl adjacent to an activating group) is 1. The monoisotopic (exact) mass is 260 g/mol. The first-order chi connectivity index (χ1) is 7.61. The molecule has 4 heteroatoms. The number of hydrogen-bond acceptors (Lipinski definition) is 2. The maximum Gasteiger partial charge on any atom is 0.0424 e. The summed E-state index contributed by atoms with van der Waals surface area (Å²) in [6.07, 6.45) is 0. The molecule has 0 aliphatic heterocycles. The summed E-state index contributed by atoms with van der Waals surface area (Å²) in [5.74, 6) is 0. The van der Waals surface area contributed by atoms with Crippen LogP contribution in [0.4, 0.5) is 0 Å². The molecule has 0 spiro atoms. The summed E-state index contributed by atoms with van der Waals surface area (Å²) in [6.45, 7) is 6.99. The Morgan fingerprint density at radius 3 is 2.38 bits per heavy atom. The van der Waals surface area contributed by atoms with Crippen LogP contribution in [0.1, 0.15) is 19.4 Å².